The largest absolute Gasteiger partial charge is 0.391 e. The van der Waals surface area contributed by atoms with E-state index < -0.39 is 11.5 Å². The smallest absolute Gasteiger partial charge is 0.240 e. The van der Waals surface area contributed by atoms with Crippen LogP contribution in [0.15, 0.2) is 0 Å². The number of halogens is 1. The molecule has 1 amide bonds. The zero-order valence-corrected chi connectivity index (χ0v) is 10.2. The van der Waals surface area contributed by atoms with E-state index in [1.807, 2.05) is 6.92 Å². The Kier molecular flexibility index (Phi) is 4.87. The first kappa shape index (κ1) is 12.8. The van der Waals surface area contributed by atoms with E-state index in [0.29, 0.717) is 6.42 Å². The van der Waals surface area contributed by atoms with E-state index >= 15 is 0 Å². The van der Waals surface area contributed by atoms with Gasteiger partial charge in [0.2, 0.25) is 5.91 Å². The Balaban J connectivity index is 2.67. The molecular weight excluding hydrogens is 214 g/mol. The van der Waals surface area contributed by atoms with Crippen LogP contribution in [0.25, 0.3) is 0 Å². The summed E-state index contributed by atoms with van der Waals surface area (Å²) in [5, 5.41) is 9.17. The van der Waals surface area contributed by atoms with Crippen LogP contribution in [-0.4, -0.2) is 40.0 Å². The molecular formula is C11H20ClNO2. The highest BCUT2D eigenvalue weighted by atomic mass is 35.5. The lowest BCUT2D eigenvalue weighted by molar-refractivity contribution is -0.137. The molecule has 0 radical (unpaired) electrons. The van der Waals surface area contributed by atoms with Gasteiger partial charge in [-0.2, -0.15) is 0 Å². The van der Waals surface area contributed by atoms with Crippen LogP contribution in [0.3, 0.4) is 0 Å². The monoisotopic (exact) mass is 233 g/mol. The van der Waals surface area contributed by atoms with Gasteiger partial charge >= 0.3 is 0 Å². The zero-order valence-electron chi connectivity index (χ0n) is 9.45. The number of carbonyl (C=O) groups is 1. The summed E-state index contributed by atoms with van der Waals surface area (Å²) in [6.07, 6.45) is 3.16. The fourth-order valence-electron chi connectivity index (χ4n) is 2.09. The SMILES string of the molecule is CC[C@H](Cl)C(=O)N1CCCC[C@@H]1[C@@H](C)O. The van der Waals surface area contributed by atoms with Crippen LogP contribution in [0, 0.1) is 0 Å². The molecule has 3 nitrogen and oxygen atoms in total. The van der Waals surface area contributed by atoms with Crippen LogP contribution < -0.4 is 0 Å². The molecule has 1 N–H and O–H groups in total. The van der Waals surface area contributed by atoms with Crippen LogP contribution in [0.4, 0.5) is 0 Å². The fraction of sp³-hybridized carbons (Fsp3) is 0.909. The zero-order chi connectivity index (χ0) is 11.4. The highest BCUT2D eigenvalue weighted by Gasteiger charge is 2.32. The Morgan fingerprint density at radius 2 is 2.27 bits per heavy atom. The molecule has 15 heavy (non-hydrogen) atoms. The molecule has 1 aliphatic rings. The van der Waals surface area contributed by atoms with Crippen molar-refractivity contribution in [1.82, 2.24) is 4.90 Å². The summed E-state index contributed by atoms with van der Waals surface area (Å²) in [6, 6.07) is -0.0425. The van der Waals surface area contributed by atoms with Crippen LogP contribution in [-0.2, 0) is 4.79 Å². The van der Waals surface area contributed by atoms with Gasteiger partial charge in [-0.05, 0) is 32.6 Å². The number of piperidine rings is 1. The van der Waals surface area contributed by atoms with Crippen molar-refractivity contribution in [3.8, 4) is 0 Å². The molecule has 88 valence electrons. The molecule has 0 aromatic rings. The summed E-state index contributed by atoms with van der Waals surface area (Å²) in [4.78, 5) is 13.7. The number of hydrogen-bond acceptors (Lipinski definition) is 2. The van der Waals surface area contributed by atoms with Gasteiger partial charge in [-0.25, -0.2) is 0 Å². The summed E-state index contributed by atoms with van der Waals surface area (Å²) < 4.78 is 0. The Labute approximate surface area is 96.4 Å². The van der Waals surface area contributed by atoms with E-state index in [4.69, 9.17) is 11.6 Å². The van der Waals surface area contributed by atoms with Crippen molar-refractivity contribution in [2.45, 2.75) is 57.1 Å². The normalized spacial score (nSPS) is 26.1. The second kappa shape index (κ2) is 5.71. The lowest BCUT2D eigenvalue weighted by Gasteiger charge is -2.38. The molecule has 3 atom stereocenters. The average molecular weight is 234 g/mol. The van der Waals surface area contributed by atoms with Crippen molar-refractivity contribution in [2.75, 3.05) is 6.54 Å². The Hall–Kier alpha value is -0.280. The lowest BCUT2D eigenvalue weighted by Crippen LogP contribution is -2.51. The van der Waals surface area contributed by atoms with Gasteiger partial charge in [0.1, 0.15) is 5.38 Å². The number of aliphatic hydroxyl groups is 1. The third kappa shape index (κ3) is 3.08. The Morgan fingerprint density at radius 3 is 2.80 bits per heavy atom. The molecule has 1 fully saturated rings. The van der Waals surface area contributed by atoms with E-state index in [2.05, 4.69) is 0 Å². The predicted octanol–water partition coefficient (Wildman–Crippen LogP) is 1.77. The van der Waals surface area contributed by atoms with Crippen molar-refractivity contribution in [3.05, 3.63) is 0 Å². The van der Waals surface area contributed by atoms with Crippen molar-refractivity contribution >= 4 is 17.5 Å². The summed E-state index contributed by atoms with van der Waals surface area (Å²) in [7, 11) is 0. The fourth-order valence-corrected chi connectivity index (χ4v) is 2.21. The Morgan fingerprint density at radius 1 is 1.60 bits per heavy atom. The number of likely N-dealkylation sites (tertiary alicyclic amines) is 1. The summed E-state index contributed by atoms with van der Waals surface area (Å²) >= 11 is 5.95. The van der Waals surface area contributed by atoms with Gasteiger partial charge in [-0.3, -0.25) is 4.79 Å². The third-order valence-electron chi connectivity index (χ3n) is 3.02. The number of nitrogens with zero attached hydrogens (tertiary/aromatic N) is 1. The number of amides is 1. The maximum absolute atomic E-state index is 11.9. The maximum Gasteiger partial charge on any atom is 0.240 e. The van der Waals surface area contributed by atoms with E-state index in [1.165, 1.54) is 0 Å². The minimum Gasteiger partial charge on any atom is -0.391 e. The first-order chi connectivity index (χ1) is 7.07. The van der Waals surface area contributed by atoms with Gasteiger partial charge in [0.05, 0.1) is 12.1 Å². The first-order valence-corrected chi connectivity index (χ1v) is 6.14. The molecule has 4 heteroatoms. The van der Waals surface area contributed by atoms with E-state index in [0.717, 1.165) is 25.8 Å². The average Bonchev–Trinajstić information content (AvgIpc) is 2.27. The number of hydrogen-bond donors (Lipinski definition) is 1. The molecule has 0 spiro atoms. The quantitative estimate of drug-likeness (QED) is 0.755. The predicted molar refractivity (Wildman–Crippen MR) is 61.0 cm³/mol. The van der Waals surface area contributed by atoms with E-state index in [-0.39, 0.29) is 11.9 Å². The third-order valence-corrected chi connectivity index (χ3v) is 3.51. The number of rotatable bonds is 3. The van der Waals surface area contributed by atoms with Gasteiger partial charge in [-0.1, -0.05) is 6.92 Å². The Bertz CT molecular complexity index is 221. The van der Waals surface area contributed by atoms with E-state index in [9.17, 15) is 9.90 Å². The van der Waals surface area contributed by atoms with Gasteiger partial charge in [-0.15, -0.1) is 11.6 Å². The topological polar surface area (TPSA) is 40.5 Å². The van der Waals surface area contributed by atoms with Crippen molar-refractivity contribution < 1.29 is 9.90 Å². The van der Waals surface area contributed by atoms with Gasteiger partial charge in [0, 0.05) is 6.54 Å². The van der Waals surface area contributed by atoms with Crippen LogP contribution in [0.2, 0.25) is 0 Å². The number of aliphatic hydroxyl groups excluding tert-OH is 1. The lowest BCUT2D eigenvalue weighted by atomic mass is 9.97. The molecule has 1 heterocycles. The molecule has 0 aliphatic carbocycles. The van der Waals surface area contributed by atoms with Crippen molar-refractivity contribution in [2.24, 2.45) is 0 Å². The summed E-state index contributed by atoms with van der Waals surface area (Å²) in [5.41, 5.74) is 0. The molecule has 1 saturated heterocycles. The van der Waals surface area contributed by atoms with Crippen LogP contribution in [0.5, 0.6) is 0 Å². The molecule has 1 aliphatic heterocycles. The minimum absolute atomic E-state index is 0.0234. The first-order valence-electron chi connectivity index (χ1n) is 5.70. The second-order valence-electron chi connectivity index (χ2n) is 4.21. The number of alkyl halides is 1. The molecule has 0 unspecified atom stereocenters. The molecule has 0 bridgehead atoms. The van der Waals surface area contributed by atoms with Gasteiger partial charge < -0.3 is 10.0 Å². The van der Waals surface area contributed by atoms with Crippen LogP contribution >= 0.6 is 11.6 Å². The molecule has 0 aromatic heterocycles. The summed E-state index contributed by atoms with van der Waals surface area (Å²) in [6.45, 7) is 4.37. The van der Waals surface area contributed by atoms with Gasteiger partial charge in [0.25, 0.3) is 0 Å². The van der Waals surface area contributed by atoms with E-state index in [1.54, 1.807) is 11.8 Å². The maximum atomic E-state index is 11.9. The number of carbonyl (C=O) groups excluding carboxylic acids is 1. The van der Waals surface area contributed by atoms with Crippen molar-refractivity contribution in [1.29, 1.82) is 0 Å². The second-order valence-corrected chi connectivity index (χ2v) is 4.74. The van der Waals surface area contributed by atoms with Crippen molar-refractivity contribution in [3.63, 3.8) is 0 Å². The molecule has 0 aromatic carbocycles. The summed E-state index contributed by atoms with van der Waals surface area (Å²) in [5.74, 6) is -0.0234. The highest BCUT2D eigenvalue weighted by Crippen LogP contribution is 2.22. The molecule has 1 rings (SSSR count). The van der Waals surface area contributed by atoms with Crippen LogP contribution in [0.1, 0.15) is 39.5 Å². The standard InChI is InChI=1S/C11H20ClNO2/c1-3-9(12)11(15)13-7-5-4-6-10(13)8(2)14/h8-10,14H,3-7H2,1-2H3/t8-,9+,10-/m1/s1. The minimum atomic E-state index is -0.463. The molecule has 0 saturated carbocycles. The van der Waals surface area contributed by atoms with Gasteiger partial charge in [0.15, 0.2) is 0 Å². The highest BCUT2D eigenvalue weighted by molar-refractivity contribution is 6.30.